The van der Waals surface area contributed by atoms with Gasteiger partial charge in [0.25, 0.3) is 0 Å². The molecule has 0 saturated heterocycles. The van der Waals surface area contributed by atoms with Gasteiger partial charge in [-0.2, -0.15) is 0 Å². The summed E-state index contributed by atoms with van der Waals surface area (Å²) in [4.78, 5) is 12.6. The highest BCUT2D eigenvalue weighted by Crippen LogP contribution is 2.60. The maximum absolute atomic E-state index is 12.6. The topological polar surface area (TPSA) is 44.8 Å². The molecule has 168 valence electrons. The Morgan fingerprint density at radius 1 is 0.867 bits per heavy atom. The molecule has 0 spiro atoms. The van der Waals surface area contributed by atoms with Gasteiger partial charge in [-0.15, -0.1) is 0 Å². The molecule has 30 heavy (non-hydrogen) atoms. The van der Waals surface area contributed by atoms with Gasteiger partial charge in [0.2, 0.25) is 0 Å². The summed E-state index contributed by atoms with van der Waals surface area (Å²) in [6, 6.07) is 0. The summed E-state index contributed by atoms with van der Waals surface area (Å²) < 4.78 is 19.4. The lowest BCUT2D eigenvalue weighted by Gasteiger charge is -2.60. The predicted molar refractivity (Wildman–Crippen MR) is 114 cm³/mol. The molecule has 0 heterocycles. The Morgan fingerprint density at radius 3 is 2.03 bits per heavy atom. The first-order chi connectivity index (χ1) is 14.4. The molecule has 4 heteroatoms. The van der Waals surface area contributed by atoms with Crippen molar-refractivity contribution < 1.29 is 19.0 Å². The fourth-order valence-electron chi connectivity index (χ4n) is 9.25. The summed E-state index contributed by atoms with van der Waals surface area (Å²) in [7, 11) is 0. The molecule has 0 amide bonds. The largest absolute Gasteiger partial charge is 0.459 e. The van der Waals surface area contributed by atoms with Crippen molar-refractivity contribution in [2.45, 2.75) is 108 Å². The van der Waals surface area contributed by atoms with Gasteiger partial charge in [-0.3, -0.25) is 4.79 Å². The van der Waals surface area contributed by atoms with Crippen molar-refractivity contribution in [2.75, 3.05) is 6.79 Å². The number of carbonyl (C=O) groups excluding carboxylic acids is 1. The standard InChI is InChI=1S/C26H40O4/c1-3-16(2)24(27)30-26-12-19-5-20(13-26)11-25(10-19,14-26)29-15-28-23-21-6-17-4-18(8-21)9-22(23)7-17/h16-23H,3-15H2,1-2H3. The van der Waals surface area contributed by atoms with Crippen LogP contribution in [0.2, 0.25) is 0 Å². The predicted octanol–water partition coefficient (Wildman–Crippen LogP) is 5.48. The van der Waals surface area contributed by atoms with E-state index >= 15 is 0 Å². The molecule has 3 unspecified atom stereocenters. The molecule has 8 bridgehead atoms. The fraction of sp³-hybridized carbons (Fsp3) is 0.962. The van der Waals surface area contributed by atoms with Crippen LogP contribution in [0.5, 0.6) is 0 Å². The Balaban J connectivity index is 1.10. The van der Waals surface area contributed by atoms with E-state index in [-0.39, 0.29) is 23.1 Å². The molecule has 8 saturated carbocycles. The van der Waals surface area contributed by atoms with Crippen LogP contribution in [0.15, 0.2) is 0 Å². The highest BCUT2D eigenvalue weighted by Gasteiger charge is 2.60. The Bertz CT molecular complexity index is 645. The van der Waals surface area contributed by atoms with Gasteiger partial charge in [-0.05, 0) is 106 Å². The monoisotopic (exact) mass is 416 g/mol. The van der Waals surface area contributed by atoms with E-state index in [4.69, 9.17) is 14.2 Å². The maximum atomic E-state index is 12.6. The van der Waals surface area contributed by atoms with Crippen LogP contribution in [0.3, 0.4) is 0 Å². The van der Waals surface area contributed by atoms with E-state index < -0.39 is 0 Å². The normalized spacial score (nSPS) is 51.3. The Kier molecular flexibility index (Phi) is 4.81. The highest BCUT2D eigenvalue weighted by molar-refractivity contribution is 5.72. The average Bonchev–Trinajstić information content (AvgIpc) is 2.67. The zero-order valence-electron chi connectivity index (χ0n) is 18.9. The first-order valence-corrected chi connectivity index (χ1v) is 12.9. The molecule has 8 fully saturated rings. The van der Waals surface area contributed by atoms with Crippen molar-refractivity contribution in [1.29, 1.82) is 0 Å². The minimum absolute atomic E-state index is 0.000513. The number of rotatable bonds is 7. The fourth-order valence-corrected chi connectivity index (χ4v) is 9.25. The molecule has 0 radical (unpaired) electrons. The van der Waals surface area contributed by atoms with Gasteiger partial charge in [-0.25, -0.2) is 0 Å². The van der Waals surface area contributed by atoms with Gasteiger partial charge in [-0.1, -0.05) is 13.8 Å². The van der Waals surface area contributed by atoms with Crippen LogP contribution in [-0.2, 0) is 19.0 Å². The summed E-state index contributed by atoms with van der Waals surface area (Å²) in [5.41, 5.74) is -0.390. The van der Waals surface area contributed by atoms with Crippen molar-refractivity contribution in [1.82, 2.24) is 0 Å². The molecule has 8 aliphatic rings. The summed E-state index contributed by atoms with van der Waals surface area (Å²) in [5.74, 6) is 4.82. The van der Waals surface area contributed by atoms with Crippen molar-refractivity contribution in [3.05, 3.63) is 0 Å². The highest BCUT2D eigenvalue weighted by atomic mass is 16.7. The average molecular weight is 417 g/mol. The molecule has 4 nitrogen and oxygen atoms in total. The molecule has 8 aliphatic carbocycles. The SMILES string of the molecule is CCC(C)C(=O)OC12CC3CC(CC(OCOC4C5CC6CC(C5)CC4C6)(C3)C1)C2. The maximum Gasteiger partial charge on any atom is 0.309 e. The molecular formula is C26H40O4. The number of esters is 1. The van der Waals surface area contributed by atoms with E-state index in [0.717, 1.165) is 62.2 Å². The lowest BCUT2D eigenvalue weighted by molar-refractivity contribution is -0.270. The molecule has 0 aliphatic heterocycles. The van der Waals surface area contributed by atoms with Gasteiger partial charge >= 0.3 is 5.97 Å². The Morgan fingerprint density at radius 2 is 1.43 bits per heavy atom. The summed E-state index contributed by atoms with van der Waals surface area (Å²) in [6.07, 6.45) is 14.9. The number of hydrogen-bond acceptors (Lipinski definition) is 4. The molecule has 0 aromatic heterocycles. The van der Waals surface area contributed by atoms with Crippen LogP contribution in [0.25, 0.3) is 0 Å². The zero-order chi connectivity index (χ0) is 20.5. The molecule has 0 N–H and O–H groups in total. The zero-order valence-corrected chi connectivity index (χ0v) is 18.9. The van der Waals surface area contributed by atoms with Crippen molar-refractivity contribution in [3.63, 3.8) is 0 Å². The van der Waals surface area contributed by atoms with Crippen LogP contribution < -0.4 is 0 Å². The van der Waals surface area contributed by atoms with E-state index in [1.54, 1.807) is 0 Å². The molecule has 8 rings (SSSR count). The quantitative estimate of drug-likeness (QED) is 0.407. The van der Waals surface area contributed by atoms with Crippen LogP contribution >= 0.6 is 0 Å². The third-order valence-electron chi connectivity index (χ3n) is 10.1. The second-order valence-electron chi connectivity index (χ2n) is 12.4. The van der Waals surface area contributed by atoms with Crippen LogP contribution in [0, 0.1) is 41.4 Å². The van der Waals surface area contributed by atoms with E-state index in [9.17, 15) is 4.79 Å². The van der Waals surface area contributed by atoms with Gasteiger partial charge in [0.05, 0.1) is 17.6 Å². The third kappa shape index (κ3) is 3.36. The molecular weight excluding hydrogens is 376 g/mol. The van der Waals surface area contributed by atoms with E-state index in [1.165, 1.54) is 38.5 Å². The van der Waals surface area contributed by atoms with E-state index in [0.29, 0.717) is 24.7 Å². The third-order valence-corrected chi connectivity index (χ3v) is 10.1. The first kappa shape index (κ1) is 20.0. The van der Waals surface area contributed by atoms with E-state index in [2.05, 4.69) is 6.92 Å². The minimum atomic E-state index is -0.271. The van der Waals surface area contributed by atoms with Gasteiger partial charge in [0, 0.05) is 6.42 Å². The van der Waals surface area contributed by atoms with Crippen LogP contribution in [0.1, 0.15) is 90.9 Å². The van der Waals surface area contributed by atoms with Crippen molar-refractivity contribution >= 4 is 5.97 Å². The smallest absolute Gasteiger partial charge is 0.309 e. The van der Waals surface area contributed by atoms with Gasteiger partial charge in [0.1, 0.15) is 12.4 Å². The molecule has 0 aromatic rings. The number of carbonyl (C=O) groups is 1. The van der Waals surface area contributed by atoms with Crippen molar-refractivity contribution in [2.24, 2.45) is 41.4 Å². The number of hydrogen-bond donors (Lipinski definition) is 0. The summed E-state index contributed by atoms with van der Waals surface area (Å²) in [5, 5.41) is 0. The lowest BCUT2D eigenvalue weighted by atomic mass is 9.52. The van der Waals surface area contributed by atoms with Gasteiger partial charge < -0.3 is 14.2 Å². The molecule has 3 atom stereocenters. The first-order valence-electron chi connectivity index (χ1n) is 12.9. The summed E-state index contributed by atoms with van der Waals surface area (Å²) in [6.45, 7) is 4.51. The minimum Gasteiger partial charge on any atom is -0.459 e. The van der Waals surface area contributed by atoms with Crippen LogP contribution in [-0.4, -0.2) is 30.1 Å². The summed E-state index contributed by atoms with van der Waals surface area (Å²) >= 11 is 0. The van der Waals surface area contributed by atoms with E-state index in [1.807, 2.05) is 6.92 Å². The Hall–Kier alpha value is -0.610. The lowest BCUT2D eigenvalue weighted by Crippen LogP contribution is -2.61. The van der Waals surface area contributed by atoms with Crippen LogP contribution in [0.4, 0.5) is 0 Å². The second-order valence-corrected chi connectivity index (χ2v) is 12.4. The van der Waals surface area contributed by atoms with Gasteiger partial charge in [0.15, 0.2) is 0 Å². The number of ether oxygens (including phenoxy) is 3. The second kappa shape index (κ2) is 7.20. The van der Waals surface area contributed by atoms with Crippen molar-refractivity contribution in [3.8, 4) is 0 Å². The molecule has 0 aromatic carbocycles. The Labute approximate surface area is 181 Å².